The van der Waals surface area contributed by atoms with Crippen molar-refractivity contribution in [1.82, 2.24) is 4.90 Å². The first-order valence-electron chi connectivity index (χ1n) is 9.21. The molecule has 0 aromatic heterocycles. The summed E-state index contributed by atoms with van der Waals surface area (Å²) in [5, 5.41) is 30.5. The monoisotopic (exact) mass is 428 g/mol. The molecule has 0 spiro atoms. The Hall–Kier alpha value is -4.08. The second kappa shape index (κ2) is 8.74. The van der Waals surface area contributed by atoms with Gasteiger partial charge in [0, 0.05) is 30.7 Å². The minimum Gasteiger partial charge on any atom is -0.507 e. The molecule has 1 saturated heterocycles. The molecule has 1 atom stereocenters. The molecule has 160 valence electrons. The Morgan fingerprint density at radius 3 is 2.23 bits per heavy atom. The van der Waals surface area contributed by atoms with E-state index in [0.717, 1.165) is 29.2 Å². The Kier molecular flexibility index (Phi) is 6.10. The molecule has 1 aliphatic heterocycles. The highest BCUT2D eigenvalue weighted by Gasteiger charge is 2.45. The molecule has 2 N–H and O–H groups in total. The molecule has 1 aliphatic rings. The van der Waals surface area contributed by atoms with E-state index in [1.165, 1.54) is 24.3 Å². The summed E-state index contributed by atoms with van der Waals surface area (Å²) in [5.74, 6) is -4.06. The Balaban J connectivity index is 2.08. The second-order valence-electron chi connectivity index (χ2n) is 6.85. The first-order valence-corrected chi connectivity index (χ1v) is 9.21. The van der Waals surface area contributed by atoms with Gasteiger partial charge in [0.05, 0.1) is 16.5 Å². The van der Waals surface area contributed by atoms with Crippen LogP contribution in [0, 0.1) is 15.9 Å². The maximum absolute atomic E-state index is 13.4. The highest BCUT2D eigenvalue weighted by atomic mass is 19.1. The average Bonchev–Trinajstić information content (AvgIpc) is 2.98. The largest absolute Gasteiger partial charge is 0.507 e. The lowest BCUT2D eigenvalue weighted by Crippen LogP contribution is -2.31. The molecule has 3 rings (SSSR count). The third-order valence-electron chi connectivity index (χ3n) is 4.87. The zero-order chi connectivity index (χ0) is 22.7. The fraction of sp³-hybridized carbons (Fsp3) is 0.190. The maximum atomic E-state index is 13.4. The molecule has 1 fully saturated rings. The molecule has 0 aliphatic carbocycles. The summed E-state index contributed by atoms with van der Waals surface area (Å²) >= 11 is 0. The van der Waals surface area contributed by atoms with E-state index in [1.807, 2.05) is 0 Å². The van der Waals surface area contributed by atoms with Crippen LogP contribution in [0.4, 0.5) is 10.1 Å². The Morgan fingerprint density at radius 1 is 1.06 bits per heavy atom. The number of carboxylic acids is 1. The van der Waals surface area contributed by atoms with Gasteiger partial charge in [-0.1, -0.05) is 12.1 Å². The van der Waals surface area contributed by atoms with Crippen molar-refractivity contribution in [1.29, 1.82) is 0 Å². The number of ketones is 1. The van der Waals surface area contributed by atoms with Gasteiger partial charge in [0.1, 0.15) is 11.6 Å². The van der Waals surface area contributed by atoms with E-state index in [0.29, 0.717) is 5.56 Å². The van der Waals surface area contributed by atoms with Crippen LogP contribution in [0.3, 0.4) is 0 Å². The van der Waals surface area contributed by atoms with E-state index in [2.05, 4.69) is 0 Å². The average molecular weight is 428 g/mol. The van der Waals surface area contributed by atoms with Crippen molar-refractivity contribution in [3.63, 3.8) is 0 Å². The molecule has 0 bridgehead atoms. The third kappa shape index (κ3) is 4.42. The van der Waals surface area contributed by atoms with Crippen molar-refractivity contribution in [3.05, 3.63) is 81.2 Å². The number of aliphatic hydroxyl groups excluding tert-OH is 1. The zero-order valence-electron chi connectivity index (χ0n) is 16.0. The highest BCUT2D eigenvalue weighted by molar-refractivity contribution is 6.46. The van der Waals surface area contributed by atoms with Gasteiger partial charge in [0.25, 0.3) is 17.4 Å². The summed E-state index contributed by atoms with van der Waals surface area (Å²) in [6, 6.07) is 8.70. The van der Waals surface area contributed by atoms with Crippen LogP contribution in [-0.4, -0.2) is 44.2 Å². The van der Waals surface area contributed by atoms with Crippen molar-refractivity contribution in [2.24, 2.45) is 0 Å². The molecule has 1 amide bonds. The number of carbonyl (C=O) groups is 3. The number of hydrogen-bond donors (Lipinski definition) is 2. The van der Waals surface area contributed by atoms with Gasteiger partial charge in [-0.2, -0.15) is 0 Å². The number of carbonyl (C=O) groups excluding carboxylic acids is 2. The number of hydrogen-bond acceptors (Lipinski definition) is 6. The van der Waals surface area contributed by atoms with Gasteiger partial charge in [-0.25, -0.2) is 4.39 Å². The van der Waals surface area contributed by atoms with Crippen LogP contribution < -0.4 is 0 Å². The molecular formula is C21H17FN2O7. The fourth-order valence-corrected chi connectivity index (χ4v) is 3.40. The number of nitro groups is 1. The van der Waals surface area contributed by atoms with E-state index < -0.39 is 40.2 Å². The zero-order valence-corrected chi connectivity index (χ0v) is 16.0. The predicted molar refractivity (Wildman–Crippen MR) is 105 cm³/mol. The van der Waals surface area contributed by atoms with Crippen molar-refractivity contribution >= 4 is 29.1 Å². The van der Waals surface area contributed by atoms with E-state index in [-0.39, 0.29) is 36.2 Å². The molecule has 1 heterocycles. The van der Waals surface area contributed by atoms with E-state index in [4.69, 9.17) is 5.11 Å². The lowest BCUT2D eigenvalue weighted by Gasteiger charge is -2.25. The normalized spacial score (nSPS) is 17.7. The number of nitrogens with zero attached hydrogens (tertiary/aromatic N) is 2. The number of amides is 1. The van der Waals surface area contributed by atoms with Gasteiger partial charge in [0.15, 0.2) is 0 Å². The van der Waals surface area contributed by atoms with Gasteiger partial charge < -0.3 is 15.1 Å². The Labute approximate surface area is 175 Å². The number of halogens is 1. The molecule has 0 unspecified atom stereocenters. The molecule has 0 radical (unpaired) electrons. The number of nitro benzene ring substituents is 1. The number of Topliss-reactive ketones (excluding diaryl/α,β-unsaturated/α-hetero) is 1. The Morgan fingerprint density at radius 2 is 1.68 bits per heavy atom. The summed E-state index contributed by atoms with van der Waals surface area (Å²) in [7, 11) is 0. The summed E-state index contributed by atoms with van der Waals surface area (Å²) in [5.41, 5.74) is -0.0535. The SMILES string of the molecule is O=C(O)CCCN1C(=O)C(=O)/C(=C(/O)c2ccc([N+](=O)[O-])cc2)[C@H]1c1ccc(F)cc1. The number of benzene rings is 2. The van der Waals surface area contributed by atoms with Gasteiger partial charge >= 0.3 is 5.97 Å². The number of rotatable bonds is 7. The summed E-state index contributed by atoms with van der Waals surface area (Å²) < 4.78 is 13.4. The lowest BCUT2D eigenvalue weighted by atomic mass is 9.95. The molecule has 2 aromatic rings. The first-order chi connectivity index (χ1) is 14.7. The smallest absolute Gasteiger partial charge is 0.303 e. The molecule has 31 heavy (non-hydrogen) atoms. The molecule has 9 nitrogen and oxygen atoms in total. The third-order valence-corrected chi connectivity index (χ3v) is 4.87. The number of carboxylic acid groups (broad SMARTS) is 1. The van der Waals surface area contributed by atoms with E-state index in [1.54, 1.807) is 0 Å². The van der Waals surface area contributed by atoms with Gasteiger partial charge in [-0.15, -0.1) is 0 Å². The standard InChI is InChI=1S/C21H17FN2O7/c22-14-7-3-12(4-8-14)18-17(19(27)13-5-9-15(10-6-13)24(30)31)20(28)21(29)23(18)11-1-2-16(25)26/h3-10,18,27H,1-2,11H2,(H,25,26)/b19-17+/t18-/m1/s1. The lowest BCUT2D eigenvalue weighted by molar-refractivity contribution is -0.384. The van der Waals surface area contributed by atoms with Crippen molar-refractivity contribution < 1.29 is 33.9 Å². The molecule has 0 saturated carbocycles. The van der Waals surface area contributed by atoms with Crippen LogP contribution in [0.25, 0.3) is 5.76 Å². The highest BCUT2D eigenvalue weighted by Crippen LogP contribution is 2.39. The minimum atomic E-state index is -1.07. The van der Waals surface area contributed by atoms with E-state index >= 15 is 0 Å². The summed E-state index contributed by atoms with van der Waals surface area (Å²) in [6.45, 7) is -0.0735. The van der Waals surface area contributed by atoms with Crippen molar-refractivity contribution in [2.75, 3.05) is 6.54 Å². The minimum absolute atomic E-state index is 0.0671. The first kappa shape index (κ1) is 21.6. The van der Waals surface area contributed by atoms with Crippen LogP contribution in [0.5, 0.6) is 0 Å². The van der Waals surface area contributed by atoms with E-state index in [9.17, 15) is 34.0 Å². The summed E-state index contributed by atoms with van der Waals surface area (Å²) in [4.78, 5) is 47.6. The predicted octanol–water partition coefficient (Wildman–Crippen LogP) is 3.02. The quantitative estimate of drug-likeness (QED) is 0.227. The van der Waals surface area contributed by atoms with Crippen LogP contribution in [0.2, 0.25) is 0 Å². The van der Waals surface area contributed by atoms with Crippen LogP contribution >= 0.6 is 0 Å². The number of aliphatic carboxylic acids is 1. The maximum Gasteiger partial charge on any atom is 0.303 e. The molecule has 10 heteroatoms. The second-order valence-corrected chi connectivity index (χ2v) is 6.85. The Bertz CT molecular complexity index is 1080. The summed E-state index contributed by atoms with van der Waals surface area (Å²) in [6.07, 6.45) is -0.168. The van der Waals surface area contributed by atoms with Crippen LogP contribution in [0.15, 0.2) is 54.1 Å². The number of aliphatic hydroxyl groups is 1. The van der Waals surface area contributed by atoms with Gasteiger partial charge in [-0.05, 0) is 36.2 Å². The number of likely N-dealkylation sites (tertiary alicyclic amines) is 1. The topological polar surface area (TPSA) is 138 Å². The van der Waals surface area contributed by atoms with Crippen molar-refractivity contribution in [2.45, 2.75) is 18.9 Å². The number of non-ortho nitro benzene ring substituents is 1. The molecule has 2 aromatic carbocycles. The fourth-order valence-electron chi connectivity index (χ4n) is 3.40. The van der Waals surface area contributed by atoms with Gasteiger partial charge in [-0.3, -0.25) is 24.5 Å². The van der Waals surface area contributed by atoms with Crippen molar-refractivity contribution in [3.8, 4) is 0 Å². The molecular weight excluding hydrogens is 411 g/mol. The van der Waals surface area contributed by atoms with Crippen LogP contribution in [-0.2, 0) is 14.4 Å². The van der Waals surface area contributed by atoms with Gasteiger partial charge in [0.2, 0.25) is 0 Å². The van der Waals surface area contributed by atoms with Crippen LogP contribution in [0.1, 0.15) is 30.0 Å².